The van der Waals surface area contributed by atoms with Crippen LogP contribution in [0.15, 0.2) is 24.7 Å². The highest BCUT2D eigenvalue weighted by Crippen LogP contribution is 2.24. The lowest BCUT2D eigenvalue weighted by molar-refractivity contribution is 0.149. The molecule has 0 unspecified atom stereocenters. The molecule has 0 N–H and O–H groups in total. The third-order valence-electron chi connectivity index (χ3n) is 5.02. The van der Waals surface area contributed by atoms with E-state index < -0.39 is 0 Å². The van der Waals surface area contributed by atoms with Crippen LogP contribution in [-0.4, -0.2) is 43.8 Å². The van der Waals surface area contributed by atoms with Crippen LogP contribution in [0.4, 0.5) is 0 Å². The van der Waals surface area contributed by atoms with Crippen LogP contribution in [0.25, 0.3) is 11.4 Å². The van der Waals surface area contributed by atoms with E-state index in [1.54, 1.807) is 6.33 Å². The first-order valence-electron chi connectivity index (χ1n) is 9.13. The van der Waals surface area contributed by atoms with E-state index in [0.717, 1.165) is 29.4 Å². The van der Waals surface area contributed by atoms with E-state index in [1.165, 1.54) is 25.9 Å². The fourth-order valence-corrected chi connectivity index (χ4v) is 3.55. The van der Waals surface area contributed by atoms with Gasteiger partial charge in [-0.1, -0.05) is 0 Å². The molecule has 5 nitrogen and oxygen atoms in total. The predicted molar refractivity (Wildman–Crippen MR) is 96.8 cm³/mol. The minimum atomic E-state index is 0.328. The number of hydrogen-bond donors (Lipinski definition) is 0. The maximum Gasteiger partial charge on any atom is 0.116 e. The molecule has 0 bridgehead atoms. The Morgan fingerprint density at radius 3 is 2.50 bits per heavy atom. The van der Waals surface area contributed by atoms with Gasteiger partial charge in [-0.2, -0.15) is 5.10 Å². The molecule has 0 atom stereocenters. The van der Waals surface area contributed by atoms with Crippen molar-refractivity contribution in [1.82, 2.24) is 24.6 Å². The number of piperidine rings is 1. The van der Waals surface area contributed by atoms with Crippen LogP contribution in [0, 0.1) is 5.92 Å². The largest absolute Gasteiger partial charge is 0.301 e. The van der Waals surface area contributed by atoms with Gasteiger partial charge in [-0.25, -0.2) is 9.97 Å². The summed E-state index contributed by atoms with van der Waals surface area (Å²) in [4.78, 5) is 11.6. The number of aromatic nitrogens is 4. The third-order valence-corrected chi connectivity index (χ3v) is 5.02. The summed E-state index contributed by atoms with van der Waals surface area (Å²) in [5.41, 5.74) is 3.20. The Labute approximate surface area is 145 Å². The van der Waals surface area contributed by atoms with Gasteiger partial charge in [-0.15, -0.1) is 0 Å². The Balaban J connectivity index is 1.69. The zero-order chi connectivity index (χ0) is 17.1. The predicted octanol–water partition coefficient (Wildman–Crippen LogP) is 3.58. The molecule has 0 saturated carbocycles. The summed E-state index contributed by atoms with van der Waals surface area (Å²) in [6.07, 6.45) is 7.13. The average Bonchev–Trinajstić information content (AvgIpc) is 3.05. The highest BCUT2D eigenvalue weighted by molar-refractivity contribution is 5.54. The Morgan fingerprint density at radius 1 is 1.08 bits per heavy atom. The van der Waals surface area contributed by atoms with Gasteiger partial charge in [-0.3, -0.25) is 4.68 Å². The molecule has 3 rings (SSSR count). The van der Waals surface area contributed by atoms with E-state index in [0.29, 0.717) is 12.1 Å². The Morgan fingerprint density at radius 2 is 1.83 bits per heavy atom. The lowest BCUT2D eigenvalue weighted by Crippen LogP contribution is -2.38. The maximum atomic E-state index is 4.52. The molecule has 2 aromatic rings. The summed E-state index contributed by atoms with van der Waals surface area (Å²) in [7, 11) is 0. The van der Waals surface area contributed by atoms with Gasteiger partial charge in [0.05, 0.1) is 11.4 Å². The molecule has 0 radical (unpaired) electrons. The van der Waals surface area contributed by atoms with Crippen LogP contribution >= 0.6 is 0 Å². The van der Waals surface area contributed by atoms with Crippen molar-refractivity contribution in [3.63, 3.8) is 0 Å². The van der Waals surface area contributed by atoms with E-state index >= 15 is 0 Å². The second-order valence-corrected chi connectivity index (χ2v) is 7.43. The van der Waals surface area contributed by atoms with Crippen LogP contribution in [-0.2, 0) is 6.42 Å². The Hall–Kier alpha value is -1.75. The fourth-order valence-electron chi connectivity index (χ4n) is 3.55. The number of likely N-dealkylation sites (tertiary alicyclic amines) is 1. The molecule has 2 aromatic heterocycles. The van der Waals surface area contributed by atoms with Gasteiger partial charge >= 0.3 is 0 Å². The normalized spacial score (nSPS) is 17.1. The lowest BCUT2D eigenvalue weighted by Gasteiger charge is -2.34. The zero-order valence-corrected chi connectivity index (χ0v) is 15.3. The topological polar surface area (TPSA) is 46.8 Å². The standard InChI is InChI=1S/C19H29N5/c1-14(2)23-9-6-16(7-10-23)11-17-12-18(21-13-20-17)19-5-8-22-24(19)15(3)4/h5,8,12-16H,6-7,9-11H2,1-4H3. The molecule has 0 aliphatic carbocycles. The molecule has 0 aromatic carbocycles. The van der Waals surface area contributed by atoms with Crippen molar-refractivity contribution in [3.8, 4) is 11.4 Å². The van der Waals surface area contributed by atoms with Crippen LogP contribution < -0.4 is 0 Å². The fraction of sp³-hybridized carbons (Fsp3) is 0.632. The van der Waals surface area contributed by atoms with Gasteiger partial charge in [0.25, 0.3) is 0 Å². The Kier molecular flexibility index (Phi) is 5.29. The van der Waals surface area contributed by atoms with Crippen molar-refractivity contribution in [3.05, 3.63) is 30.4 Å². The molecule has 3 heterocycles. The van der Waals surface area contributed by atoms with Gasteiger partial charge in [0.2, 0.25) is 0 Å². The van der Waals surface area contributed by atoms with Crippen molar-refractivity contribution in [1.29, 1.82) is 0 Å². The molecular weight excluding hydrogens is 298 g/mol. The van der Waals surface area contributed by atoms with E-state index in [1.807, 2.05) is 16.9 Å². The summed E-state index contributed by atoms with van der Waals surface area (Å²) < 4.78 is 2.02. The van der Waals surface area contributed by atoms with E-state index in [4.69, 9.17) is 0 Å². The molecule has 1 saturated heterocycles. The van der Waals surface area contributed by atoms with E-state index in [2.05, 4.69) is 53.7 Å². The van der Waals surface area contributed by atoms with E-state index in [9.17, 15) is 0 Å². The molecule has 5 heteroatoms. The van der Waals surface area contributed by atoms with Crippen LogP contribution in [0.1, 0.15) is 52.3 Å². The minimum Gasteiger partial charge on any atom is -0.301 e. The van der Waals surface area contributed by atoms with Gasteiger partial charge in [-0.05, 0) is 78.1 Å². The average molecular weight is 327 g/mol. The SMILES string of the molecule is CC(C)N1CCC(Cc2cc(-c3ccnn3C(C)C)ncn2)CC1. The number of nitrogens with zero attached hydrogens (tertiary/aromatic N) is 5. The van der Waals surface area contributed by atoms with Gasteiger partial charge < -0.3 is 4.90 Å². The Bertz CT molecular complexity index is 653. The van der Waals surface area contributed by atoms with Crippen molar-refractivity contribution < 1.29 is 0 Å². The summed E-state index contributed by atoms with van der Waals surface area (Å²) in [5.74, 6) is 0.734. The second kappa shape index (κ2) is 7.43. The van der Waals surface area contributed by atoms with Gasteiger partial charge in [0.1, 0.15) is 6.33 Å². The molecule has 0 spiro atoms. The van der Waals surface area contributed by atoms with E-state index in [-0.39, 0.29) is 0 Å². The van der Waals surface area contributed by atoms with Crippen molar-refractivity contribution in [2.75, 3.05) is 13.1 Å². The van der Waals surface area contributed by atoms with Crippen molar-refractivity contribution in [2.24, 2.45) is 5.92 Å². The van der Waals surface area contributed by atoms with Gasteiger partial charge in [0, 0.05) is 24.0 Å². The quantitative estimate of drug-likeness (QED) is 0.842. The molecule has 1 aliphatic rings. The first-order chi connectivity index (χ1) is 11.5. The number of hydrogen-bond acceptors (Lipinski definition) is 4. The number of rotatable bonds is 5. The summed E-state index contributed by atoms with van der Waals surface area (Å²) >= 11 is 0. The smallest absolute Gasteiger partial charge is 0.116 e. The molecule has 1 fully saturated rings. The first kappa shape index (κ1) is 17.1. The molecule has 130 valence electrons. The van der Waals surface area contributed by atoms with Crippen molar-refractivity contribution >= 4 is 0 Å². The second-order valence-electron chi connectivity index (χ2n) is 7.43. The van der Waals surface area contributed by atoms with Crippen LogP contribution in [0.2, 0.25) is 0 Å². The summed E-state index contributed by atoms with van der Waals surface area (Å²) in [6.45, 7) is 11.3. The minimum absolute atomic E-state index is 0.328. The molecule has 0 amide bonds. The lowest BCUT2D eigenvalue weighted by atomic mass is 9.91. The highest BCUT2D eigenvalue weighted by atomic mass is 15.3. The summed E-state index contributed by atoms with van der Waals surface area (Å²) in [6, 6.07) is 5.17. The third kappa shape index (κ3) is 3.83. The maximum absolute atomic E-state index is 4.52. The van der Waals surface area contributed by atoms with Crippen molar-refractivity contribution in [2.45, 2.75) is 59.0 Å². The first-order valence-corrected chi connectivity index (χ1v) is 9.13. The molecular formula is C19H29N5. The van der Waals surface area contributed by atoms with Gasteiger partial charge in [0.15, 0.2) is 0 Å². The highest BCUT2D eigenvalue weighted by Gasteiger charge is 2.21. The van der Waals surface area contributed by atoms with Crippen LogP contribution in [0.5, 0.6) is 0 Å². The zero-order valence-electron chi connectivity index (χ0n) is 15.3. The molecule has 24 heavy (non-hydrogen) atoms. The summed E-state index contributed by atoms with van der Waals surface area (Å²) in [5, 5.41) is 4.41. The van der Waals surface area contributed by atoms with Crippen LogP contribution in [0.3, 0.4) is 0 Å². The monoisotopic (exact) mass is 327 g/mol. The molecule has 1 aliphatic heterocycles.